The lowest BCUT2D eigenvalue weighted by Gasteiger charge is -2.29. The standard InChI is InChI=1S/C22H30N4O3S/c1-4-23-22(28)25-17-7-5-16(6-8-17)24-21(27)19-13-30-20(26-19)12-29-18-10-14(2)9-15(3)11-18/h9-11,13,16-17H,4-8,12H2,1-3H3,(H,24,27)(H2,23,25,28). The molecule has 1 fully saturated rings. The quantitative estimate of drug-likeness (QED) is 0.625. The van der Waals surface area contributed by atoms with Crippen molar-refractivity contribution in [3.8, 4) is 5.75 Å². The highest BCUT2D eigenvalue weighted by Gasteiger charge is 2.24. The summed E-state index contributed by atoms with van der Waals surface area (Å²) in [6.07, 6.45) is 3.40. The Morgan fingerprint density at radius 2 is 1.70 bits per heavy atom. The second-order valence-electron chi connectivity index (χ2n) is 7.76. The number of nitrogens with zero attached hydrogens (tertiary/aromatic N) is 1. The number of benzene rings is 1. The summed E-state index contributed by atoms with van der Waals surface area (Å²) >= 11 is 1.43. The van der Waals surface area contributed by atoms with E-state index < -0.39 is 0 Å². The number of hydrogen-bond acceptors (Lipinski definition) is 5. The van der Waals surface area contributed by atoms with Crippen molar-refractivity contribution in [1.29, 1.82) is 0 Å². The van der Waals surface area contributed by atoms with Gasteiger partial charge in [-0.1, -0.05) is 6.07 Å². The van der Waals surface area contributed by atoms with Crippen molar-refractivity contribution in [2.75, 3.05) is 6.54 Å². The molecular formula is C22H30N4O3S. The molecule has 162 valence electrons. The minimum atomic E-state index is -0.149. The first kappa shape index (κ1) is 22.1. The van der Waals surface area contributed by atoms with E-state index >= 15 is 0 Å². The van der Waals surface area contributed by atoms with Gasteiger partial charge in [0.1, 0.15) is 23.1 Å². The van der Waals surface area contributed by atoms with Crippen LogP contribution in [0.3, 0.4) is 0 Å². The Bertz CT molecular complexity index is 855. The fourth-order valence-electron chi connectivity index (χ4n) is 3.68. The molecule has 0 saturated heterocycles. The van der Waals surface area contributed by atoms with E-state index in [-0.39, 0.29) is 24.0 Å². The number of ether oxygens (including phenoxy) is 1. The summed E-state index contributed by atoms with van der Waals surface area (Å²) in [4.78, 5) is 28.6. The Balaban J connectivity index is 1.44. The van der Waals surface area contributed by atoms with Crippen LogP contribution in [-0.2, 0) is 6.61 Å². The third-order valence-electron chi connectivity index (χ3n) is 5.08. The molecule has 1 saturated carbocycles. The van der Waals surface area contributed by atoms with E-state index in [9.17, 15) is 9.59 Å². The van der Waals surface area contributed by atoms with E-state index in [0.717, 1.165) is 47.6 Å². The van der Waals surface area contributed by atoms with Crippen LogP contribution < -0.4 is 20.7 Å². The summed E-state index contributed by atoms with van der Waals surface area (Å²) in [6.45, 7) is 6.93. The van der Waals surface area contributed by atoms with Crippen molar-refractivity contribution in [1.82, 2.24) is 20.9 Å². The lowest BCUT2D eigenvalue weighted by Crippen LogP contribution is -2.46. The molecule has 0 aliphatic heterocycles. The van der Waals surface area contributed by atoms with Gasteiger partial charge in [0.2, 0.25) is 0 Å². The Morgan fingerprint density at radius 3 is 2.33 bits per heavy atom. The van der Waals surface area contributed by atoms with Gasteiger partial charge in [-0.05, 0) is 69.7 Å². The molecule has 3 rings (SSSR count). The molecular weight excluding hydrogens is 400 g/mol. The molecule has 30 heavy (non-hydrogen) atoms. The molecule has 0 radical (unpaired) electrons. The number of urea groups is 1. The van der Waals surface area contributed by atoms with Crippen molar-refractivity contribution in [2.45, 2.75) is 65.1 Å². The molecule has 1 aliphatic rings. The van der Waals surface area contributed by atoms with Crippen LogP contribution in [0.4, 0.5) is 4.79 Å². The number of amides is 3. The lowest BCUT2D eigenvalue weighted by molar-refractivity contribution is 0.0919. The molecule has 1 aliphatic carbocycles. The van der Waals surface area contributed by atoms with Gasteiger partial charge in [-0.2, -0.15) is 0 Å². The average molecular weight is 431 g/mol. The Hall–Kier alpha value is -2.61. The monoisotopic (exact) mass is 430 g/mol. The molecule has 1 heterocycles. The van der Waals surface area contributed by atoms with Crippen molar-refractivity contribution in [3.05, 3.63) is 45.4 Å². The number of carbonyl (C=O) groups is 2. The summed E-state index contributed by atoms with van der Waals surface area (Å²) in [5, 5.41) is 11.3. The highest BCUT2D eigenvalue weighted by molar-refractivity contribution is 7.09. The van der Waals surface area contributed by atoms with Gasteiger partial charge in [-0.25, -0.2) is 9.78 Å². The normalized spacial score (nSPS) is 18.5. The second-order valence-corrected chi connectivity index (χ2v) is 8.71. The van der Waals surface area contributed by atoms with Crippen LogP contribution in [0.2, 0.25) is 0 Å². The highest BCUT2D eigenvalue weighted by atomic mass is 32.1. The van der Waals surface area contributed by atoms with Crippen molar-refractivity contribution >= 4 is 23.3 Å². The molecule has 1 aromatic heterocycles. The third kappa shape index (κ3) is 6.45. The van der Waals surface area contributed by atoms with Crippen molar-refractivity contribution in [2.24, 2.45) is 0 Å². The van der Waals surface area contributed by atoms with Gasteiger partial charge in [-0.3, -0.25) is 4.79 Å². The van der Waals surface area contributed by atoms with Gasteiger partial charge in [0.15, 0.2) is 0 Å². The molecule has 2 aromatic rings. The van der Waals surface area contributed by atoms with Crippen LogP contribution in [0.5, 0.6) is 5.75 Å². The number of hydrogen-bond donors (Lipinski definition) is 3. The van der Waals surface area contributed by atoms with E-state index in [2.05, 4.69) is 27.0 Å². The number of thiazole rings is 1. The van der Waals surface area contributed by atoms with E-state index in [4.69, 9.17) is 4.74 Å². The fraction of sp³-hybridized carbons (Fsp3) is 0.500. The van der Waals surface area contributed by atoms with Crippen LogP contribution >= 0.6 is 11.3 Å². The van der Waals surface area contributed by atoms with Gasteiger partial charge in [0.05, 0.1) is 0 Å². The number of aromatic nitrogens is 1. The van der Waals surface area contributed by atoms with E-state index in [1.54, 1.807) is 5.38 Å². The third-order valence-corrected chi connectivity index (χ3v) is 5.90. The van der Waals surface area contributed by atoms with Gasteiger partial charge in [-0.15, -0.1) is 11.3 Å². The van der Waals surface area contributed by atoms with E-state index in [1.165, 1.54) is 11.3 Å². The summed E-state index contributed by atoms with van der Waals surface area (Å²) in [6, 6.07) is 6.24. The van der Waals surface area contributed by atoms with Crippen LogP contribution in [0.15, 0.2) is 23.6 Å². The predicted octanol–water partition coefficient (Wildman–Crippen LogP) is 3.70. The molecule has 0 bridgehead atoms. The first-order chi connectivity index (χ1) is 14.4. The average Bonchev–Trinajstić information content (AvgIpc) is 3.17. The maximum absolute atomic E-state index is 12.5. The predicted molar refractivity (Wildman–Crippen MR) is 118 cm³/mol. The van der Waals surface area contributed by atoms with Crippen LogP contribution in [0, 0.1) is 13.8 Å². The van der Waals surface area contributed by atoms with Gasteiger partial charge in [0.25, 0.3) is 5.91 Å². The fourth-order valence-corrected chi connectivity index (χ4v) is 4.37. The lowest BCUT2D eigenvalue weighted by atomic mass is 9.91. The summed E-state index contributed by atoms with van der Waals surface area (Å²) < 4.78 is 5.83. The largest absolute Gasteiger partial charge is 0.486 e. The molecule has 3 N–H and O–H groups in total. The minimum absolute atomic E-state index is 0.112. The van der Waals surface area contributed by atoms with E-state index in [1.807, 2.05) is 32.9 Å². The molecule has 0 unspecified atom stereocenters. The number of carbonyl (C=O) groups excluding carboxylic acids is 2. The van der Waals surface area contributed by atoms with Crippen LogP contribution in [-0.4, -0.2) is 35.6 Å². The van der Waals surface area contributed by atoms with E-state index in [0.29, 0.717) is 18.8 Å². The zero-order valence-electron chi connectivity index (χ0n) is 17.8. The first-order valence-corrected chi connectivity index (χ1v) is 11.3. The Morgan fingerprint density at radius 1 is 1.07 bits per heavy atom. The molecule has 0 spiro atoms. The van der Waals surface area contributed by atoms with Crippen molar-refractivity contribution < 1.29 is 14.3 Å². The maximum Gasteiger partial charge on any atom is 0.314 e. The maximum atomic E-state index is 12.5. The van der Waals surface area contributed by atoms with Crippen molar-refractivity contribution in [3.63, 3.8) is 0 Å². The summed E-state index contributed by atoms with van der Waals surface area (Å²) in [5.74, 6) is 0.663. The topological polar surface area (TPSA) is 92.4 Å². The van der Waals surface area contributed by atoms with Gasteiger partial charge in [0, 0.05) is 24.0 Å². The number of rotatable bonds is 7. The Labute approximate surface area is 181 Å². The summed E-state index contributed by atoms with van der Waals surface area (Å²) in [5.41, 5.74) is 2.74. The van der Waals surface area contributed by atoms with Gasteiger partial charge < -0.3 is 20.7 Å². The zero-order valence-corrected chi connectivity index (χ0v) is 18.6. The molecule has 3 amide bonds. The minimum Gasteiger partial charge on any atom is -0.486 e. The summed E-state index contributed by atoms with van der Waals surface area (Å²) in [7, 11) is 0. The second kappa shape index (κ2) is 10.4. The zero-order chi connectivity index (χ0) is 21.5. The van der Waals surface area contributed by atoms with Crippen LogP contribution in [0.1, 0.15) is 59.2 Å². The molecule has 1 aromatic carbocycles. The number of nitrogens with one attached hydrogen (secondary N) is 3. The smallest absolute Gasteiger partial charge is 0.314 e. The molecule has 8 heteroatoms. The molecule has 7 nitrogen and oxygen atoms in total. The first-order valence-electron chi connectivity index (χ1n) is 10.4. The highest BCUT2D eigenvalue weighted by Crippen LogP contribution is 2.21. The SMILES string of the molecule is CCNC(=O)NC1CCC(NC(=O)c2csc(COc3cc(C)cc(C)c3)n2)CC1. The Kier molecular flexibility index (Phi) is 7.68. The molecule has 0 atom stereocenters. The van der Waals surface area contributed by atoms with Crippen LogP contribution in [0.25, 0.3) is 0 Å². The van der Waals surface area contributed by atoms with Gasteiger partial charge >= 0.3 is 6.03 Å². The number of aryl methyl sites for hydroxylation is 2.